The highest BCUT2D eigenvalue weighted by molar-refractivity contribution is 7.84. The Kier molecular flexibility index (Phi) is 3.61. The average Bonchev–Trinajstić information content (AvgIpc) is 3.18. The SMILES string of the molecule is CN1CCC[C@@H]1Cc1c(C2CC2)[nH]c2ccc(S(C)=O)cc12. The number of aromatic amines is 1. The lowest BCUT2D eigenvalue weighted by atomic mass is 9.99. The summed E-state index contributed by atoms with van der Waals surface area (Å²) in [6.45, 7) is 1.22. The molecular formula is C18H24N2OS. The quantitative estimate of drug-likeness (QED) is 0.938. The van der Waals surface area contributed by atoms with Crippen molar-refractivity contribution in [2.45, 2.75) is 49.0 Å². The number of H-pyrrole nitrogens is 1. The third kappa shape index (κ3) is 2.52. The number of likely N-dealkylation sites (N-methyl/N-ethyl adjacent to an activating group) is 1. The van der Waals surface area contributed by atoms with Crippen LogP contribution in [0.15, 0.2) is 23.1 Å². The first-order valence-electron chi connectivity index (χ1n) is 8.31. The zero-order valence-electron chi connectivity index (χ0n) is 13.4. The lowest BCUT2D eigenvalue weighted by Gasteiger charge is -2.20. The lowest BCUT2D eigenvalue weighted by molar-refractivity contribution is 0.309. The van der Waals surface area contributed by atoms with Crippen LogP contribution in [0.3, 0.4) is 0 Å². The van der Waals surface area contributed by atoms with E-state index in [1.807, 2.05) is 6.07 Å². The van der Waals surface area contributed by atoms with Gasteiger partial charge in [-0.15, -0.1) is 0 Å². The lowest BCUT2D eigenvalue weighted by Crippen LogP contribution is -2.27. The smallest absolute Gasteiger partial charge is 0.0498 e. The molecule has 0 radical (unpaired) electrons. The van der Waals surface area contributed by atoms with Crippen LogP contribution in [0.2, 0.25) is 0 Å². The second-order valence-electron chi connectivity index (χ2n) is 6.93. The Labute approximate surface area is 134 Å². The number of likely N-dealkylation sites (tertiary alicyclic amines) is 1. The molecule has 1 saturated carbocycles. The number of rotatable bonds is 4. The van der Waals surface area contributed by atoms with Gasteiger partial charge in [-0.25, -0.2) is 0 Å². The van der Waals surface area contributed by atoms with Crippen LogP contribution in [-0.2, 0) is 17.2 Å². The second kappa shape index (κ2) is 5.50. The topological polar surface area (TPSA) is 36.1 Å². The van der Waals surface area contributed by atoms with Crippen LogP contribution in [0.25, 0.3) is 10.9 Å². The van der Waals surface area contributed by atoms with E-state index in [0.717, 1.165) is 17.2 Å². The van der Waals surface area contributed by atoms with Gasteiger partial charge in [0.15, 0.2) is 0 Å². The molecule has 2 aromatic rings. The van der Waals surface area contributed by atoms with Gasteiger partial charge >= 0.3 is 0 Å². The van der Waals surface area contributed by atoms with Crippen LogP contribution in [0, 0.1) is 0 Å². The summed E-state index contributed by atoms with van der Waals surface area (Å²) in [5.41, 5.74) is 4.16. The summed E-state index contributed by atoms with van der Waals surface area (Å²) < 4.78 is 11.8. The predicted molar refractivity (Wildman–Crippen MR) is 92.0 cm³/mol. The highest BCUT2D eigenvalue weighted by Crippen LogP contribution is 2.44. The van der Waals surface area contributed by atoms with Gasteiger partial charge in [0.1, 0.15) is 0 Å². The molecule has 1 saturated heterocycles. The first-order chi connectivity index (χ1) is 10.6. The van der Waals surface area contributed by atoms with Gasteiger partial charge in [-0.05, 0) is 75.4 Å². The van der Waals surface area contributed by atoms with Gasteiger partial charge < -0.3 is 9.88 Å². The van der Waals surface area contributed by atoms with E-state index in [1.165, 1.54) is 54.4 Å². The van der Waals surface area contributed by atoms with Crippen LogP contribution in [0.1, 0.15) is 42.9 Å². The molecule has 118 valence electrons. The Morgan fingerprint density at radius 2 is 2.14 bits per heavy atom. The van der Waals surface area contributed by atoms with Crippen molar-refractivity contribution < 1.29 is 4.21 Å². The van der Waals surface area contributed by atoms with Gasteiger partial charge in [0, 0.05) is 44.6 Å². The average molecular weight is 316 g/mol. The number of aromatic nitrogens is 1. The number of benzene rings is 1. The highest BCUT2D eigenvalue weighted by Gasteiger charge is 2.31. The maximum absolute atomic E-state index is 11.8. The molecule has 1 aliphatic heterocycles. The van der Waals surface area contributed by atoms with Crippen molar-refractivity contribution in [3.05, 3.63) is 29.5 Å². The Morgan fingerprint density at radius 1 is 1.32 bits per heavy atom. The fourth-order valence-corrected chi connectivity index (χ4v) is 4.38. The minimum atomic E-state index is -0.914. The molecule has 2 aliphatic rings. The van der Waals surface area contributed by atoms with Gasteiger partial charge in [-0.3, -0.25) is 4.21 Å². The second-order valence-corrected chi connectivity index (χ2v) is 8.31. The zero-order chi connectivity index (χ0) is 15.3. The molecule has 1 N–H and O–H groups in total. The predicted octanol–water partition coefficient (Wildman–Crippen LogP) is 3.42. The summed E-state index contributed by atoms with van der Waals surface area (Å²) in [6.07, 6.45) is 8.13. The summed E-state index contributed by atoms with van der Waals surface area (Å²) >= 11 is 0. The van der Waals surface area contributed by atoms with Crippen LogP contribution >= 0.6 is 0 Å². The molecule has 0 spiro atoms. The van der Waals surface area contributed by atoms with Gasteiger partial charge in [0.25, 0.3) is 0 Å². The third-order valence-corrected chi connectivity index (χ3v) is 6.26. The van der Waals surface area contributed by atoms with E-state index in [1.54, 1.807) is 6.26 Å². The molecule has 4 heteroatoms. The van der Waals surface area contributed by atoms with E-state index in [0.29, 0.717) is 6.04 Å². The fourth-order valence-electron chi connectivity index (χ4n) is 3.84. The van der Waals surface area contributed by atoms with Gasteiger partial charge in [-0.2, -0.15) is 0 Å². The van der Waals surface area contributed by atoms with E-state index in [-0.39, 0.29) is 0 Å². The van der Waals surface area contributed by atoms with Gasteiger partial charge in [-0.1, -0.05) is 0 Å². The molecule has 1 aliphatic carbocycles. The summed E-state index contributed by atoms with van der Waals surface area (Å²) in [5.74, 6) is 0.727. The van der Waals surface area contributed by atoms with Crippen molar-refractivity contribution in [2.24, 2.45) is 0 Å². The number of nitrogens with zero attached hydrogens (tertiary/aromatic N) is 1. The number of fused-ring (bicyclic) bond motifs is 1. The fraction of sp³-hybridized carbons (Fsp3) is 0.556. The molecule has 0 bridgehead atoms. The standard InChI is InChI=1S/C18H24N2OS/c1-20-9-3-4-13(20)10-16-15-11-14(22(2)21)7-8-17(15)19-18(16)12-5-6-12/h7-8,11-13,19H,3-6,9-10H2,1-2H3/t13-,22?/m1/s1. The third-order valence-electron chi connectivity index (χ3n) is 5.34. The van der Waals surface area contributed by atoms with Crippen molar-refractivity contribution in [3.8, 4) is 0 Å². The molecule has 2 atom stereocenters. The minimum absolute atomic E-state index is 0.660. The molecule has 3 nitrogen and oxygen atoms in total. The van der Waals surface area contributed by atoms with Crippen molar-refractivity contribution in [1.29, 1.82) is 0 Å². The number of hydrogen-bond donors (Lipinski definition) is 1. The molecule has 2 fully saturated rings. The first-order valence-corrected chi connectivity index (χ1v) is 9.87. The van der Waals surface area contributed by atoms with E-state index >= 15 is 0 Å². The Hall–Kier alpha value is -1.13. The maximum atomic E-state index is 11.8. The van der Waals surface area contributed by atoms with Gasteiger partial charge in [0.2, 0.25) is 0 Å². The van der Waals surface area contributed by atoms with Crippen molar-refractivity contribution in [1.82, 2.24) is 9.88 Å². The summed E-state index contributed by atoms with van der Waals surface area (Å²) in [7, 11) is 1.33. The normalized spacial score (nSPS) is 24.2. The van der Waals surface area contributed by atoms with E-state index in [2.05, 4.69) is 29.1 Å². The van der Waals surface area contributed by atoms with Crippen molar-refractivity contribution >= 4 is 21.7 Å². The van der Waals surface area contributed by atoms with E-state index in [4.69, 9.17) is 0 Å². The van der Waals surface area contributed by atoms with Gasteiger partial charge in [0.05, 0.1) is 0 Å². The molecule has 1 aromatic heterocycles. The Morgan fingerprint density at radius 3 is 2.77 bits per heavy atom. The molecule has 2 heterocycles. The zero-order valence-corrected chi connectivity index (χ0v) is 14.2. The van der Waals surface area contributed by atoms with Crippen molar-refractivity contribution in [2.75, 3.05) is 19.8 Å². The first kappa shape index (κ1) is 14.5. The van der Waals surface area contributed by atoms with Crippen LogP contribution in [0.5, 0.6) is 0 Å². The Bertz CT molecular complexity index is 732. The summed E-state index contributed by atoms with van der Waals surface area (Å²) in [5, 5.41) is 1.30. The van der Waals surface area contributed by atoms with E-state index < -0.39 is 10.8 Å². The Balaban J connectivity index is 1.79. The molecule has 1 aromatic carbocycles. The van der Waals surface area contributed by atoms with Crippen molar-refractivity contribution in [3.63, 3.8) is 0 Å². The van der Waals surface area contributed by atoms with Crippen LogP contribution < -0.4 is 0 Å². The number of hydrogen-bond acceptors (Lipinski definition) is 2. The summed E-state index contributed by atoms with van der Waals surface area (Å²) in [4.78, 5) is 7.10. The largest absolute Gasteiger partial charge is 0.358 e. The maximum Gasteiger partial charge on any atom is 0.0498 e. The monoisotopic (exact) mass is 316 g/mol. The van der Waals surface area contributed by atoms with E-state index in [9.17, 15) is 4.21 Å². The molecular weight excluding hydrogens is 292 g/mol. The van der Waals surface area contributed by atoms with Crippen LogP contribution in [-0.4, -0.2) is 40.0 Å². The molecule has 4 rings (SSSR count). The van der Waals surface area contributed by atoms with Crippen LogP contribution in [0.4, 0.5) is 0 Å². The molecule has 1 unspecified atom stereocenters. The summed E-state index contributed by atoms with van der Waals surface area (Å²) in [6, 6.07) is 6.92. The highest BCUT2D eigenvalue weighted by atomic mass is 32.2. The number of nitrogens with one attached hydrogen (secondary N) is 1. The molecule has 0 amide bonds. The minimum Gasteiger partial charge on any atom is -0.358 e. The molecule has 22 heavy (non-hydrogen) atoms.